The van der Waals surface area contributed by atoms with Crippen LogP contribution in [0.25, 0.3) is 0 Å². The average Bonchev–Trinajstić information content (AvgIpc) is 2.66. The molecule has 92 valence electrons. The van der Waals surface area contributed by atoms with Gasteiger partial charge in [0.2, 0.25) is 0 Å². The number of hydrogen-bond donors (Lipinski definition) is 0. The first-order valence-corrected chi connectivity index (χ1v) is 6.67. The normalized spacial score (nSPS) is 25.7. The van der Waals surface area contributed by atoms with Crippen LogP contribution < -0.4 is 4.90 Å². The van der Waals surface area contributed by atoms with Crippen molar-refractivity contribution < 1.29 is 0 Å². The lowest BCUT2D eigenvalue weighted by atomic mass is 10.2. The molecule has 0 bridgehead atoms. The van der Waals surface area contributed by atoms with E-state index in [4.69, 9.17) is 11.6 Å². The number of fused-ring (bicyclic) bond motifs is 1. The van der Waals surface area contributed by atoms with Gasteiger partial charge >= 0.3 is 0 Å². The summed E-state index contributed by atoms with van der Waals surface area (Å²) in [4.78, 5) is 13.4. The minimum atomic E-state index is 0.482. The maximum absolute atomic E-state index is 5.91. The molecule has 2 aliphatic heterocycles. The smallest absolute Gasteiger partial charge is 0.149 e. The summed E-state index contributed by atoms with van der Waals surface area (Å²) in [6.07, 6.45) is 7.25. The Kier molecular flexibility index (Phi) is 3.16. The molecule has 0 aromatic carbocycles. The van der Waals surface area contributed by atoms with Gasteiger partial charge in [-0.05, 0) is 25.8 Å². The molecular weight excluding hydrogens is 236 g/mol. The molecule has 2 fully saturated rings. The lowest BCUT2D eigenvalue weighted by molar-refractivity contribution is 0.273. The third-order valence-corrected chi connectivity index (χ3v) is 3.90. The van der Waals surface area contributed by atoms with Gasteiger partial charge in [-0.25, -0.2) is 4.98 Å². The second-order valence-electron chi connectivity index (χ2n) is 4.83. The van der Waals surface area contributed by atoms with Crippen molar-refractivity contribution >= 4 is 17.4 Å². The van der Waals surface area contributed by atoms with Gasteiger partial charge in [0.15, 0.2) is 0 Å². The largest absolute Gasteiger partial charge is 0.354 e. The number of hydrogen-bond acceptors (Lipinski definition) is 4. The highest BCUT2D eigenvalue weighted by molar-refractivity contribution is 6.29. The molecular formula is C12H17ClN4. The zero-order valence-electron chi connectivity index (χ0n) is 9.85. The molecule has 3 rings (SSSR count). The van der Waals surface area contributed by atoms with Gasteiger partial charge in [-0.15, -0.1) is 0 Å². The SMILES string of the molecule is Clc1cncc(N2CCCN3CCCC3C2)n1. The maximum atomic E-state index is 5.91. The van der Waals surface area contributed by atoms with Gasteiger partial charge in [0.25, 0.3) is 0 Å². The van der Waals surface area contributed by atoms with Crippen molar-refractivity contribution in [2.45, 2.75) is 25.3 Å². The van der Waals surface area contributed by atoms with Crippen molar-refractivity contribution in [2.24, 2.45) is 0 Å². The Labute approximate surface area is 107 Å². The number of halogens is 1. The predicted molar refractivity (Wildman–Crippen MR) is 68.5 cm³/mol. The molecule has 0 aliphatic carbocycles. The third kappa shape index (κ3) is 2.38. The fourth-order valence-electron chi connectivity index (χ4n) is 2.90. The molecule has 0 radical (unpaired) electrons. The van der Waals surface area contributed by atoms with Crippen molar-refractivity contribution in [3.8, 4) is 0 Å². The van der Waals surface area contributed by atoms with Crippen LogP contribution in [0.5, 0.6) is 0 Å². The predicted octanol–water partition coefficient (Wildman–Crippen LogP) is 1.80. The highest BCUT2D eigenvalue weighted by Gasteiger charge is 2.29. The van der Waals surface area contributed by atoms with E-state index in [0.29, 0.717) is 11.2 Å². The zero-order chi connectivity index (χ0) is 11.7. The molecule has 5 heteroatoms. The van der Waals surface area contributed by atoms with Crippen LogP contribution in [0.4, 0.5) is 5.82 Å². The Morgan fingerprint density at radius 1 is 1.18 bits per heavy atom. The fraction of sp³-hybridized carbons (Fsp3) is 0.667. The van der Waals surface area contributed by atoms with Crippen LogP contribution >= 0.6 is 11.6 Å². The first kappa shape index (κ1) is 11.2. The van der Waals surface area contributed by atoms with Crippen LogP contribution in [0.3, 0.4) is 0 Å². The summed E-state index contributed by atoms with van der Waals surface area (Å²) in [5.74, 6) is 0.922. The molecule has 2 saturated heterocycles. The van der Waals surface area contributed by atoms with E-state index in [1.54, 1.807) is 6.20 Å². The van der Waals surface area contributed by atoms with Crippen LogP contribution in [0.15, 0.2) is 12.4 Å². The Morgan fingerprint density at radius 2 is 2.06 bits per heavy atom. The van der Waals surface area contributed by atoms with E-state index in [1.165, 1.54) is 32.4 Å². The van der Waals surface area contributed by atoms with E-state index in [-0.39, 0.29) is 0 Å². The molecule has 2 aliphatic rings. The van der Waals surface area contributed by atoms with E-state index in [0.717, 1.165) is 18.9 Å². The van der Waals surface area contributed by atoms with Gasteiger partial charge < -0.3 is 4.90 Å². The quantitative estimate of drug-likeness (QED) is 0.763. The lowest BCUT2D eigenvalue weighted by Gasteiger charge is -2.26. The molecule has 0 N–H and O–H groups in total. The second kappa shape index (κ2) is 4.78. The molecule has 1 unspecified atom stereocenters. The number of anilines is 1. The van der Waals surface area contributed by atoms with Crippen molar-refractivity contribution in [2.75, 3.05) is 31.1 Å². The molecule has 1 aromatic rings. The van der Waals surface area contributed by atoms with Gasteiger partial charge in [-0.2, -0.15) is 0 Å². The highest BCUT2D eigenvalue weighted by atomic mass is 35.5. The van der Waals surface area contributed by atoms with E-state index < -0.39 is 0 Å². The van der Waals surface area contributed by atoms with E-state index in [2.05, 4.69) is 19.8 Å². The third-order valence-electron chi connectivity index (χ3n) is 3.72. The molecule has 0 saturated carbocycles. The summed E-state index contributed by atoms with van der Waals surface area (Å²) >= 11 is 5.91. The molecule has 1 aromatic heterocycles. The standard InChI is InChI=1S/C12H17ClN4/c13-11-7-14-8-12(15-11)17-6-2-5-16-4-1-3-10(16)9-17/h7-8,10H,1-6,9H2. The summed E-state index contributed by atoms with van der Waals surface area (Å²) < 4.78 is 0. The Hall–Kier alpha value is -0.870. The van der Waals surface area contributed by atoms with Crippen LogP contribution in [0, 0.1) is 0 Å². The van der Waals surface area contributed by atoms with Crippen LogP contribution in [0.2, 0.25) is 5.15 Å². The minimum absolute atomic E-state index is 0.482. The maximum Gasteiger partial charge on any atom is 0.149 e. The van der Waals surface area contributed by atoms with Crippen LogP contribution in [0.1, 0.15) is 19.3 Å². The van der Waals surface area contributed by atoms with Crippen LogP contribution in [-0.2, 0) is 0 Å². The average molecular weight is 253 g/mol. The van der Waals surface area contributed by atoms with E-state index in [1.807, 2.05) is 6.20 Å². The Balaban J connectivity index is 1.78. The summed E-state index contributed by atoms with van der Waals surface area (Å²) in [7, 11) is 0. The van der Waals surface area contributed by atoms with Crippen molar-refractivity contribution in [3.63, 3.8) is 0 Å². The minimum Gasteiger partial charge on any atom is -0.354 e. The molecule has 1 atom stereocenters. The van der Waals surface area contributed by atoms with Crippen molar-refractivity contribution in [1.82, 2.24) is 14.9 Å². The number of aromatic nitrogens is 2. The number of rotatable bonds is 1. The topological polar surface area (TPSA) is 32.3 Å². The Bertz CT molecular complexity index is 398. The zero-order valence-corrected chi connectivity index (χ0v) is 10.6. The van der Waals surface area contributed by atoms with Gasteiger partial charge in [0, 0.05) is 25.7 Å². The van der Waals surface area contributed by atoms with Gasteiger partial charge in [-0.1, -0.05) is 11.6 Å². The van der Waals surface area contributed by atoms with Gasteiger partial charge in [0.1, 0.15) is 11.0 Å². The van der Waals surface area contributed by atoms with Gasteiger partial charge in [0.05, 0.1) is 12.4 Å². The first-order chi connectivity index (χ1) is 8.33. The van der Waals surface area contributed by atoms with Crippen molar-refractivity contribution in [1.29, 1.82) is 0 Å². The van der Waals surface area contributed by atoms with E-state index >= 15 is 0 Å². The van der Waals surface area contributed by atoms with E-state index in [9.17, 15) is 0 Å². The lowest BCUT2D eigenvalue weighted by Crippen LogP contribution is -2.37. The molecule has 0 spiro atoms. The summed E-state index contributed by atoms with van der Waals surface area (Å²) in [5, 5.41) is 0.482. The monoisotopic (exact) mass is 252 g/mol. The molecule has 4 nitrogen and oxygen atoms in total. The molecule has 0 amide bonds. The summed E-state index contributed by atoms with van der Waals surface area (Å²) in [6, 6.07) is 0.693. The van der Waals surface area contributed by atoms with Crippen molar-refractivity contribution in [3.05, 3.63) is 17.5 Å². The van der Waals surface area contributed by atoms with Crippen LogP contribution in [-0.4, -0.2) is 47.1 Å². The second-order valence-corrected chi connectivity index (χ2v) is 5.22. The molecule has 17 heavy (non-hydrogen) atoms. The highest BCUT2D eigenvalue weighted by Crippen LogP contribution is 2.24. The molecule has 3 heterocycles. The Morgan fingerprint density at radius 3 is 2.94 bits per heavy atom. The van der Waals surface area contributed by atoms with Gasteiger partial charge in [-0.3, -0.25) is 9.88 Å². The summed E-state index contributed by atoms with van der Waals surface area (Å²) in [5.41, 5.74) is 0. The fourth-order valence-corrected chi connectivity index (χ4v) is 3.04. The first-order valence-electron chi connectivity index (χ1n) is 6.29. The number of nitrogens with zero attached hydrogens (tertiary/aromatic N) is 4. The summed E-state index contributed by atoms with van der Waals surface area (Å²) in [6.45, 7) is 4.60.